The van der Waals surface area contributed by atoms with E-state index in [1.807, 2.05) is 17.5 Å². The molecule has 1 fully saturated rings. The number of aliphatic carboxylic acids is 1. The maximum Gasteiger partial charge on any atom is 0.352 e. The number of ether oxygens (including phenoxy) is 1. The number of carboxylic acids is 1. The number of rotatable bonds is 6. The van der Waals surface area contributed by atoms with Crippen LogP contribution in [0.4, 0.5) is 0 Å². The molecule has 3 rings (SSSR count). The largest absolute Gasteiger partial charge is 0.477 e. The van der Waals surface area contributed by atoms with Crippen LogP contribution in [0.15, 0.2) is 28.8 Å². The number of carboxylic acid groups (broad SMARTS) is 1. The van der Waals surface area contributed by atoms with Gasteiger partial charge in [0.25, 0.3) is 5.91 Å². The molecule has 3 heterocycles. The van der Waals surface area contributed by atoms with E-state index in [-0.39, 0.29) is 18.0 Å². The molecular weight excluding hydrogens is 392 g/mol. The van der Waals surface area contributed by atoms with Crippen LogP contribution in [-0.4, -0.2) is 57.0 Å². The van der Waals surface area contributed by atoms with Crippen molar-refractivity contribution in [2.75, 3.05) is 5.75 Å². The number of esters is 1. The molecule has 2 aliphatic rings. The summed E-state index contributed by atoms with van der Waals surface area (Å²) in [6.07, 6.45) is -0.572. The standard InChI is InChI=1S/C17H18N2O6S2/c1-8(25-9(2)20)11-7-27-16-13(15(22)19(16)14(11)17(23)24)18-12(21)6-10-4-3-5-26-10/h3-5,8,13,16H,6-7H2,1-2H3,(H,18,21)(H,23,24)/t8?,13-,16+/m1/s1. The Labute approximate surface area is 163 Å². The van der Waals surface area contributed by atoms with E-state index in [1.165, 1.54) is 34.9 Å². The number of thiophene rings is 1. The first-order valence-electron chi connectivity index (χ1n) is 8.19. The second-order valence-corrected chi connectivity index (χ2v) is 8.28. The molecule has 0 spiro atoms. The van der Waals surface area contributed by atoms with Crippen LogP contribution in [0.2, 0.25) is 0 Å². The van der Waals surface area contributed by atoms with E-state index in [0.717, 1.165) is 4.88 Å². The van der Waals surface area contributed by atoms with Gasteiger partial charge in [-0.1, -0.05) is 6.07 Å². The Morgan fingerprint density at radius 1 is 1.44 bits per heavy atom. The second kappa shape index (κ2) is 7.73. The lowest BCUT2D eigenvalue weighted by molar-refractivity contribution is -0.151. The fraction of sp³-hybridized carbons (Fsp3) is 0.412. The van der Waals surface area contributed by atoms with Gasteiger partial charge in [-0.3, -0.25) is 19.3 Å². The predicted molar refractivity (Wildman–Crippen MR) is 98.9 cm³/mol. The van der Waals surface area contributed by atoms with Crippen LogP contribution in [0.5, 0.6) is 0 Å². The first-order chi connectivity index (χ1) is 12.8. The minimum Gasteiger partial charge on any atom is -0.477 e. The van der Waals surface area contributed by atoms with Gasteiger partial charge in [-0.15, -0.1) is 23.1 Å². The number of thioether (sulfide) groups is 1. The van der Waals surface area contributed by atoms with Gasteiger partial charge in [0.15, 0.2) is 0 Å². The molecule has 2 aliphatic heterocycles. The van der Waals surface area contributed by atoms with Crippen LogP contribution in [-0.2, 0) is 30.3 Å². The highest BCUT2D eigenvalue weighted by Crippen LogP contribution is 2.41. The molecular formula is C17H18N2O6S2. The van der Waals surface area contributed by atoms with E-state index in [9.17, 15) is 24.3 Å². The van der Waals surface area contributed by atoms with Crippen molar-refractivity contribution in [3.8, 4) is 0 Å². The average Bonchev–Trinajstić information content (AvgIpc) is 3.10. The summed E-state index contributed by atoms with van der Waals surface area (Å²) in [5.74, 6) is -2.25. The number of fused-ring (bicyclic) bond motifs is 1. The molecule has 27 heavy (non-hydrogen) atoms. The Bertz CT molecular complexity index is 819. The van der Waals surface area contributed by atoms with Gasteiger partial charge >= 0.3 is 11.9 Å². The molecule has 3 atom stereocenters. The number of amides is 2. The van der Waals surface area contributed by atoms with Crippen molar-refractivity contribution in [1.29, 1.82) is 0 Å². The van der Waals surface area contributed by atoms with E-state index >= 15 is 0 Å². The van der Waals surface area contributed by atoms with E-state index in [4.69, 9.17) is 4.74 Å². The molecule has 1 unspecified atom stereocenters. The number of β-lactam (4-membered cyclic amide) rings is 1. The van der Waals surface area contributed by atoms with Gasteiger partial charge in [-0.05, 0) is 18.4 Å². The summed E-state index contributed by atoms with van der Waals surface area (Å²) in [7, 11) is 0. The highest BCUT2D eigenvalue weighted by molar-refractivity contribution is 8.00. The lowest BCUT2D eigenvalue weighted by Gasteiger charge is -2.49. The summed E-state index contributed by atoms with van der Waals surface area (Å²) in [4.78, 5) is 49.7. The van der Waals surface area contributed by atoms with E-state index in [2.05, 4.69) is 5.32 Å². The second-order valence-electron chi connectivity index (χ2n) is 6.14. The van der Waals surface area contributed by atoms with Crippen LogP contribution < -0.4 is 5.32 Å². The van der Waals surface area contributed by atoms with Gasteiger partial charge < -0.3 is 15.2 Å². The van der Waals surface area contributed by atoms with Gasteiger partial charge in [0.2, 0.25) is 5.91 Å². The number of nitrogens with one attached hydrogen (secondary N) is 1. The molecule has 0 radical (unpaired) electrons. The maximum absolute atomic E-state index is 12.5. The Morgan fingerprint density at radius 2 is 2.19 bits per heavy atom. The first-order valence-corrected chi connectivity index (χ1v) is 10.1. The van der Waals surface area contributed by atoms with Crippen molar-refractivity contribution in [1.82, 2.24) is 10.2 Å². The number of carbonyl (C=O) groups is 4. The monoisotopic (exact) mass is 410 g/mol. The van der Waals surface area contributed by atoms with Crippen LogP contribution in [0.3, 0.4) is 0 Å². The average molecular weight is 410 g/mol. The Kier molecular flexibility index (Phi) is 5.56. The molecule has 2 N–H and O–H groups in total. The van der Waals surface area contributed by atoms with Gasteiger partial charge in [0.05, 0.1) is 6.42 Å². The van der Waals surface area contributed by atoms with Crippen molar-refractivity contribution < 1.29 is 29.0 Å². The summed E-state index contributed by atoms with van der Waals surface area (Å²) in [5.41, 5.74) is 0.205. The van der Waals surface area contributed by atoms with Crippen LogP contribution >= 0.6 is 23.1 Å². The van der Waals surface area contributed by atoms with Crippen LogP contribution in [0, 0.1) is 0 Å². The SMILES string of the molecule is CC(=O)OC(C)C1=C(C(=O)O)N2C(=O)[C@@H](NC(=O)Cc3cccs3)[C@@H]2SC1. The molecule has 8 nitrogen and oxygen atoms in total. The minimum atomic E-state index is -1.26. The van der Waals surface area contributed by atoms with Crippen LogP contribution in [0.1, 0.15) is 18.7 Å². The third kappa shape index (κ3) is 3.86. The Morgan fingerprint density at radius 3 is 2.78 bits per heavy atom. The van der Waals surface area contributed by atoms with Crippen molar-refractivity contribution in [3.63, 3.8) is 0 Å². The molecule has 1 saturated heterocycles. The van der Waals surface area contributed by atoms with Gasteiger partial charge in [0.1, 0.15) is 23.2 Å². The number of nitrogens with zero attached hydrogens (tertiary/aromatic N) is 1. The zero-order valence-electron chi connectivity index (χ0n) is 14.6. The molecule has 144 valence electrons. The van der Waals surface area contributed by atoms with Gasteiger partial charge in [-0.25, -0.2) is 4.79 Å². The smallest absolute Gasteiger partial charge is 0.352 e. The molecule has 0 bridgehead atoms. The van der Waals surface area contributed by atoms with Gasteiger partial charge in [-0.2, -0.15) is 0 Å². The summed E-state index contributed by atoms with van der Waals surface area (Å²) in [6.45, 7) is 2.81. The highest BCUT2D eigenvalue weighted by Gasteiger charge is 2.54. The summed E-state index contributed by atoms with van der Waals surface area (Å²) in [6, 6.07) is 2.92. The first kappa shape index (κ1) is 19.4. The van der Waals surface area contributed by atoms with Crippen molar-refractivity contribution in [2.24, 2.45) is 0 Å². The Hall–Kier alpha value is -2.33. The summed E-state index contributed by atoms with van der Waals surface area (Å²) < 4.78 is 5.08. The van der Waals surface area contributed by atoms with Crippen molar-refractivity contribution >= 4 is 46.9 Å². The molecule has 1 aromatic rings. The molecule has 1 aromatic heterocycles. The van der Waals surface area contributed by atoms with Crippen LogP contribution in [0.25, 0.3) is 0 Å². The van der Waals surface area contributed by atoms with Crippen molar-refractivity contribution in [3.05, 3.63) is 33.7 Å². The van der Waals surface area contributed by atoms with Crippen molar-refractivity contribution in [2.45, 2.75) is 37.8 Å². The molecule has 10 heteroatoms. The molecule has 2 amide bonds. The lowest BCUT2D eigenvalue weighted by atomic mass is 10.0. The Balaban J connectivity index is 1.74. The number of carbonyl (C=O) groups excluding carboxylic acids is 3. The van der Waals surface area contributed by atoms with E-state index in [1.54, 1.807) is 6.92 Å². The zero-order chi connectivity index (χ0) is 19.7. The fourth-order valence-corrected chi connectivity index (χ4v) is 5.23. The summed E-state index contributed by atoms with van der Waals surface area (Å²) >= 11 is 2.79. The predicted octanol–water partition coefficient (Wildman–Crippen LogP) is 0.981. The summed E-state index contributed by atoms with van der Waals surface area (Å²) in [5, 5.41) is 13.7. The number of hydrogen-bond donors (Lipinski definition) is 2. The lowest BCUT2D eigenvalue weighted by Crippen LogP contribution is -2.70. The fourth-order valence-electron chi connectivity index (χ4n) is 3.07. The minimum absolute atomic E-state index is 0.166. The molecule has 0 aliphatic carbocycles. The third-order valence-electron chi connectivity index (χ3n) is 4.27. The molecule has 0 saturated carbocycles. The topological polar surface area (TPSA) is 113 Å². The molecule has 0 aromatic carbocycles. The number of hydrogen-bond acceptors (Lipinski definition) is 7. The quantitative estimate of drug-likeness (QED) is 0.531. The maximum atomic E-state index is 12.5. The highest BCUT2D eigenvalue weighted by atomic mass is 32.2. The van der Waals surface area contributed by atoms with E-state index in [0.29, 0.717) is 11.3 Å². The van der Waals surface area contributed by atoms with Gasteiger partial charge in [0, 0.05) is 23.1 Å². The normalized spacial score (nSPS) is 22.6. The third-order valence-corrected chi connectivity index (χ3v) is 6.44. The van der Waals surface area contributed by atoms with E-state index < -0.39 is 35.4 Å². The zero-order valence-corrected chi connectivity index (χ0v) is 16.3.